The van der Waals surface area contributed by atoms with Gasteiger partial charge in [0, 0.05) is 18.2 Å². The van der Waals surface area contributed by atoms with Gasteiger partial charge in [0.15, 0.2) is 0 Å². The zero-order chi connectivity index (χ0) is 24.6. The second kappa shape index (κ2) is 11.3. The van der Waals surface area contributed by atoms with Gasteiger partial charge < -0.3 is 19.9 Å². The van der Waals surface area contributed by atoms with E-state index in [9.17, 15) is 9.59 Å². The van der Waals surface area contributed by atoms with Gasteiger partial charge in [0.05, 0.1) is 11.0 Å². The number of anilines is 1. The summed E-state index contributed by atoms with van der Waals surface area (Å²) in [5, 5.41) is 5.91. The molecule has 4 aromatic rings. The summed E-state index contributed by atoms with van der Waals surface area (Å²) < 4.78 is 7.78. The molecule has 1 atom stereocenters. The van der Waals surface area contributed by atoms with Crippen LogP contribution in [0.2, 0.25) is 0 Å². The third kappa shape index (κ3) is 6.26. The average molecular weight is 471 g/mol. The summed E-state index contributed by atoms with van der Waals surface area (Å²) in [6, 6.07) is 24.8. The lowest BCUT2D eigenvalue weighted by atomic mass is 10.1. The minimum atomic E-state index is -0.136. The number of amides is 2. The van der Waals surface area contributed by atoms with Crippen molar-refractivity contribution in [1.29, 1.82) is 0 Å². The van der Waals surface area contributed by atoms with Crippen LogP contribution in [0.1, 0.15) is 31.7 Å². The van der Waals surface area contributed by atoms with Gasteiger partial charge in [-0.15, -0.1) is 0 Å². The smallest absolute Gasteiger partial charge is 0.240 e. The van der Waals surface area contributed by atoms with Crippen LogP contribution in [0.25, 0.3) is 11.0 Å². The summed E-state index contributed by atoms with van der Waals surface area (Å²) in [6.45, 7) is 4.62. The van der Waals surface area contributed by atoms with Crippen LogP contribution in [0.15, 0.2) is 78.9 Å². The fraction of sp³-hybridized carbons (Fsp3) is 0.250. The number of nitrogens with one attached hydrogen (secondary N) is 2. The van der Waals surface area contributed by atoms with Crippen molar-refractivity contribution in [2.75, 3.05) is 5.32 Å². The molecule has 1 heterocycles. The number of ether oxygens (including phenoxy) is 1. The standard InChI is InChI=1S/C28H30N4O3/c1-3-20(2)28(34)30-22-11-9-10-21(16-22)17-29-27(33)18-32-25-15-8-7-14-24(25)31-26(32)19-35-23-12-5-4-6-13-23/h4-16,20H,3,17-19H2,1-2H3,(H,29,33)(H,30,34). The molecule has 7 heteroatoms. The molecule has 0 bridgehead atoms. The van der Waals surface area contributed by atoms with Gasteiger partial charge in [-0.25, -0.2) is 4.98 Å². The van der Waals surface area contributed by atoms with Crippen molar-refractivity contribution in [3.8, 4) is 5.75 Å². The van der Waals surface area contributed by atoms with Crippen molar-refractivity contribution in [3.63, 3.8) is 0 Å². The molecular weight excluding hydrogens is 440 g/mol. The maximum Gasteiger partial charge on any atom is 0.240 e. The first-order valence-electron chi connectivity index (χ1n) is 11.8. The summed E-state index contributed by atoms with van der Waals surface area (Å²) in [5.41, 5.74) is 3.33. The van der Waals surface area contributed by atoms with E-state index in [1.165, 1.54) is 0 Å². The Balaban J connectivity index is 1.42. The van der Waals surface area contributed by atoms with E-state index >= 15 is 0 Å². The number of hydrogen-bond acceptors (Lipinski definition) is 4. The zero-order valence-electron chi connectivity index (χ0n) is 20.0. The summed E-state index contributed by atoms with van der Waals surface area (Å²) >= 11 is 0. The Bertz CT molecular complexity index is 1300. The van der Waals surface area contributed by atoms with Crippen molar-refractivity contribution in [1.82, 2.24) is 14.9 Å². The molecule has 0 aliphatic rings. The van der Waals surface area contributed by atoms with Crippen LogP contribution >= 0.6 is 0 Å². The van der Waals surface area contributed by atoms with E-state index in [0.717, 1.165) is 34.5 Å². The molecule has 0 saturated carbocycles. The first kappa shape index (κ1) is 24.0. The van der Waals surface area contributed by atoms with Crippen LogP contribution in [0.4, 0.5) is 5.69 Å². The monoisotopic (exact) mass is 470 g/mol. The molecular formula is C28H30N4O3. The molecule has 0 aliphatic heterocycles. The molecule has 2 amide bonds. The normalized spacial score (nSPS) is 11.7. The second-order valence-electron chi connectivity index (χ2n) is 8.48. The molecule has 0 spiro atoms. The summed E-state index contributed by atoms with van der Waals surface area (Å²) in [7, 11) is 0. The Morgan fingerprint density at radius 3 is 2.57 bits per heavy atom. The highest BCUT2D eigenvalue weighted by atomic mass is 16.5. The first-order chi connectivity index (χ1) is 17.0. The number of fused-ring (bicyclic) bond motifs is 1. The Morgan fingerprint density at radius 2 is 1.77 bits per heavy atom. The van der Waals surface area contributed by atoms with Crippen molar-refractivity contribution >= 4 is 28.5 Å². The van der Waals surface area contributed by atoms with Crippen molar-refractivity contribution in [2.24, 2.45) is 5.92 Å². The number of nitrogens with zero attached hydrogens (tertiary/aromatic N) is 2. The van der Waals surface area contributed by atoms with Crippen LogP contribution in [0.5, 0.6) is 5.75 Å². The maximum atomic E-state index is 12.9. The van der Waals surface area contributed by atoms with Gasteiger partial charge in [0.25, 0.3) is 0 Å². The Hall–Kier alpha value is -4.13. The SMILES string of the molecule is CCC(C)C(=O)Nc1cccc(CNC(=O)Cn2c(COc3ccccc3)nc3ccccc32)c1. The van der Waals surface area contributed by atoms with Gasteiger partial charge in [-0.2, -0.15) is 0 Å². The van der Waals surface area contributed by atoms with E-state index in [-0.39, 0.29) is 30.9 Å². The predicted octanol–water partition coefficient (Wildman–Crippen LogP) is 4.92. The van der Waals surface area contributed by atoms with Crippen LogP contribution in [0, 0.1) is 5.92 Å². The molecule has 7 nitrogen and oxygen atoms in total. The number of carbonyl (C=O) groups is 2. The molecule has 0 saturated heterocycles. The van der Waals surface area contributed by atoms with Crippen molar-refractivity contribution < 1.29 is 14.3 Å². The van der Waals surface area contributed by atoms with Gasteiger partial charge in [0.1, 0.15) is 24.7 Å². The van der Waals surface area contributed by atoms with E-state index in [1.807, 2.05) is 97.3 Å². The average Bonchev–Trinajstić information content (AvgIpc) is 3.23. The molecule has 0 fully saturated rings. The quantitative estimate of drug-likeness (QED) is 0.345. The lowest BCUT2D eigenvalue weighted by Crippen LogP contribution is -2.28. The molecule has 1 unspecified atom stereocenters. The van der Waals surface area contributed by atoms with E-state index in [4.69, 9.17) is 4.74 Å². The van der Waals surface area contributed by atoms with Gasteiger partial charge in [0.2, 0.25) is 11.8 Å². The zero-order valence-corrected chi connectivity index (χ0v) is 20.0. The highest BCUT2D eigenvalue weighted by molar-refractivity contribution is 5.92. The second-order valence-corrected chi connectivity index (χ2v) is 8.48. The van der Waals surface area contributed by atoms with Crippen LogP contribution in [-0.2, 0) is 29.3 Å². The predicted molar refractivity (Wildman–Crippen MR) is 137 cm³/mol. The minimum absolute atomic E-state index is 0.00841. The summed E-state index contributed by atoms with van der Waals surface area (Å²) in [5.74, 6) is 1.23. The Kier molecular flexibility index (Phi) is 7.77. The largest absolute Gasteiger partial charge is 0.486 e. The topological polar surface area (TPSA) is 85.2 Å². The number of carbonyl (C=O) groups excluding carboxylic acids is 2. The lowest BCUT2D eigenvalue weighted by molar-refractivity contribution is -0.122. The van der Waals surface area contributed by atoms with Gasteiger partial charge in [-0.1, -0.05) is 56.3 Å². The van der Waals surface area contributed by atoms with E-state index < -0.39 is 0 Å². The third-order valence-electron chi connectivity index (χ3n) is 5.89. The molecule has 1 aromatic heterocycles. The molecule has 180 valence electrons. The molecule has 35 heavy (non-hydrogen) atoms. The number of imidazole rings is 1. The first-order valence-corrected chi connectivity index (χ1v) is 11.8. The molecule has 3 aromatic carbocycles. The van der Waals surface area contributed by atoms with E-state index in [1.54, 1.807) is 0 Å². The fourth-order valence-corrected chi connectivity index (χ4v) is 3.69. The van der Waals surface area contributed by atoms with Gasteiger partial charge in [-0.05, 0) is 48.4 Å². The van der Waals surface area contributed by atoms with Crippen LogP contribution in [0.3, 0.4) is 0 Å². The Labute approximate surface area is 205 Å². The molecule has 2 N–H and O–H groups in total. The van der Waals surface area contributed by atoms with Crippen LogP contribution < -0.4 is 15.4 Å². The molecule has 0 aliphatic carbocycles. The van der Waals surface area contributed by atoms with Crippen molar-refractivity contribution in [2.45, 2.75) is 40.0 Å². The Morgan fingerprint density at radius 1 is 1.00 bits per heavy atom. The minimum Gasteiger partial charge on any atom is -0.486 e. The van der Waals surface area contributed by atoms with Crippen LogP contribution in [-0.4, -0.2) is 21.4 Å². The van der Waals surface area contributed by atoms with Crippen molar-refractivity contribution in [3.05, 3.63) is 90.3 Å². The highest BCUT2D eigenvalue weighted by Crippen LogP contribution is 2.19. The number of rotatable bonds is 10. The third-order valence-corrected chi connectivity index (χ3v) is 5.89. The molecule has 4 rings (SSSR count). The number of aromatic nitrogens is 2. The number of para-hydroxylation sites is 3. The molecule has 0 radical (unpaired) electrons. The number of hydrogen-bond donors (Lipinski definition) is 2. The highest BCUT2D eigenvalue weighted by Gasteiger charge is 2.15. The summed E-state index contributed by atoms with van der Waals surface area (Å²) in [4.78, 5) is 29.7. The van der Waals surface area contributed by atoms with E-state index in [2.05, 4.69) is 15.6 Å². The van der Waals surface area contributed by atoms with Gasteiger partial charge >= 0.3 is 0 Å². The number of benzene rings is 3. The summed E-state index contributed by atoms with van der Waals surface area (Å²) in [6.07, 6.45) is 0.781. The van der Waals surface area contributed by atoms with E-state index in [0.29, 0.717) is 12.4 Å². The maximum absolute atomic E-state index is 12.9. The fourth-order valence-electron chi connectivity index (χ4n) is 3.69. The van der Waals surface area contributed by atoms with Gasteiger partial charge in [-0.3, -0.25) is 9.59 Å². The lowest BCUT2D eigenvalue weighted by Gasteiger charge is -2.13.